The second kappa shape index (κ2) is 6.77. The Morgan fingerprint density at radius 2 is 1.74 bits per heavy atom. The lowest BCUT2D eigenvalue weighted by atomic mass is 9.92. The van der Waals surface area contributed by atoms with Gasteiger partial charge in [-0.2, -0.15) is 0 Å². The summed E-state index contributed by atoms with van der Waals surface area (Å²) in [5.41, 5.74) is -0.479. The maximum absolute atomic E-state index is 12.9. The van der Waals surface area contributed by atoms with Gasteiger partial charge in [-0.15, -0.1) is 13.2 Å². The van der Waals surface area contributed by atoms with E-state index in [9.17, 15) is 22.8 Å². The molecule has 1 fully saturated rings. The Kier molecular flexibility index (Phi) is 4.77. The molecule has 0 bridgehead atoms. The quantitative estimate of drug-likeness (QED) is 0.785. The topological polar surface area (TPSA) is 58.6 Å². The second-order valence-corrected chi connectivity index (χ2v) is 6.52. The Balaban J connectivity index is 1.83. The van der Waals surface area contributed by atoms with Crippen LogP contribution in [0, 0.1) is 0 Å². The smallest absolute Gasteiger partial charge is 0.406 e. The van der Waals surface area contributed by atoms with Crippen molar-refractivity contribution < 1.29 is 27.5 Å². The molecule has 1 aliphatic rings. The van der Waals surface area contributed by atoms with Crippen molar-refractivity contribution >= 4 is 23.5 Å². The molecule has 1 N–H and O–H groups in total. The summed E-state index contributed by atoms with van der Waals surface area (Å²) in [5.74, 6) is -0.948. The number of ether oxygens (including phenoxy) is 1. The molecule has 1 saturated heterocycles. The zero-order valence-electron chi connectivity index (χ0n) is 14.0. The van der Waals surface area contributed by atoms with Gasteiger partial charge in [0.05, 0.1) is 6.54 Å². The minimum Gasteiger partial charge on any atom is -0.406 e. The highest BCUT2D eigenvalue weighted by Crippen LogP contribution is 2.32. The minimum atomic E-state index is -4.81. The molecule has 5 nitrogen and oxygen atoms in total. The first-order valence-electron chi connectivity index (χ1n) is 7.84. The molecular formula is C18H14ClF3N2O3. The van der Waals surface area contributed by atoms with Gasteiger partial charge in [-0.05, 0) is 36.2 Å². The van der Waals surface area contributed by atoms with E-state index < -0.39 is 29.6 Å². The molecule has 1 unspecified atom stereocenters. The standard InChI is InChI=1S/C18H14ClF3N2O3/c1-17(12-6-8-13(9-7-12)27-18(20,21)22)15(25)24(16(26)23-17)10-11-4-2-3-5-14(11)19/h2-9H,10H2,1H3,(H,23,26). The highest BCUT2D eigenvalue weighted by molar-refractivity contribution is 6.31. The molecule has 3 rings (SSSR count). The number of nitrogens with zero attached hydrogens (tertiary/aromatic N) is 1. The molecule has 2 aromatic rings. The van der Waals surface area contributed by atoms with E-state index >= 15 is 0 Å². The number of rotatable bonds is 4. The second-order valence-electron chi connectivity index (χ2n) is 6.11. The summed E-state index contributed by atoms with van der Waals surface area (Å²) in [6.45, 7) is 1.47. The van der Waals surface area contributed by atoms with Gasteiger partial charge in [0.2, 0.25) is 0 Å². The number of amides is 3. The number of hydrogen-bond acceptors (Lipinski definition) is 3. The number of benzene rings is 2. The molecule has 0 aromatic heterocycles. The van der Waals surface area contributed by atoms with E-state index in [0.717, 1.165) is 17.0 Å². The number of urea groups is 1. The van der Waals surface area contributed by atoms with Crippen molar-refractivity contribution in [2.24, 2.45) is 0 Å². The van der Waals surface area contributed by atoms with Crippen molar-refractivity contribution in [2.75, 3.05) is 0 Å². The Hall–Kier alpha value is -2.74. The Bertz CT molecular complexity index is 886. The van der Waals surface area contributed by atoms with E-state index in [-0.39, 0.29) is 6.54 Å². The van der Waals surface area contributed by atoms with Crippen LogP contribution in [0.15, 0.2) is 48.5 Å². The van der Waals surface area contributed by atoms with Gasteiger partial charge in [0.1, 0.15) is 11.3 Å². The van der Waals surface area contributed by atoms with E-state index in [0.29, 0.717) is 16.1 Å². The molecule has 1 heterocycles. The summed E-state index contributed by atoms with van der Waals surface area (Å²) in [6, 6.07) is 11.0. The van der Waals surface area contributed by atoms with Gasteiger partial charge >= 0.3 is 12.4 Å². The molecule has 27 heavy (non-hydrogen) atoms. The monoisotopic (exact) mass is 398 g/mol. The molecular weight excluding hydrogens is 385 g/mol. The number of hydrogen-bond donors (Lipinski definition) is 1. The third-order valence-electron chi connectivity index (χ3n) is 4.23. The summed E-state index contributed by atoms with van der Waals surface area (Å²) in [5, 5.41) is 3.00. The van der Waals surface area contributed by atoms with Crippen LogP contribution in [0.5, 0.6) is 5.75 Å². The van der Waals surface area contributed by atoms with Crippen molar-refractivity contribution in [3.05, 3.63) is 64.7 Å². The first-order chi connectivity index (χ1) is 12.6. The van der Waals surface area contributed by atoms with Crippen LogP contribution in [0.25, 0.3) is 0 Å². The fourth-order valence-electron chi connectivity index (χ4n) is 2.82. The van der Waals surface area contributed by atoms with Crippen molar-refractivity contribution in [3.8, 4) is 5.75 Å². The third-order valence-corrected chi connectivity index (χ3v) is 4.60. The summed E-state index contributed by atoms with van der Waals surface area (Å²) in [6.07, 6.45) is -4.81. The predicted octanol–water partition coefficient (Wildman–Crippen LogP) is 4.21. The van der Waals surface area contributed by atoms with Crippen LogP contribution >= 0.6 is 11.6 Å². The van der Waals surface area contributed by atoms with Gasteiger partial charge in [-0.3, -0.25) is 9.69 Å². The van der Waals surface area contributed by atoms with E-state index in [4.69, 9.17) is 11.6 Å². The van der Waals surface area contributed by atoms with Crippen LogP contribution in [-0.4, -0.2) is 23.2 Å². The van der Waals surface area contributed by atoms with E-state index in [2.05, 4.69) is 10.1 Å². The van der Waals surface area contributed by atoms with Crippen molar-refractivity contribution in [3.63, 3.8) is 0 Å². The molecule has 3 amide bonds. The number of nitrogens with one attached hydrogen (secondary N) is 1. The fraction of sp³-hybridized carbons (Fsp3) is 0.222. The molecule has 0 radical (unpaired) electrons. The summed E-state index contributed by atoms with van der Waals surface area (Å²) < 4.78 is 40.6. The number of imide groups is 1. The summed E-state index contributed by atoms with van der Waals surface area (Å²) >= 11 is 6.08. The highest BCUT2D eigenvalue weighted by Gasteiger charge is 2.49. The average molecular weight is 399 g/mol. The van der Waals surface area contributed by atoms with Gasteiger partial charge in [0, 0.05) is 5.02 Å². The largest absolute Gasteiger partial charge is 0.573 e. The Morgan fingerprint density at radius 1 is 1.11 bits per heavy atom. The van der Waals surface area contributed by atoms with Crippen LogP contribution < -0.4 is 10.1 Å². The number of carbonyl (C=O) groups is 2. The van der Waals surface area contributed by atoms with E-state index in [1.54, 1.807) is 24.3 Å². The number of carbonyl (C=O) groups excluding carboxylic acids is 2. The maximum atomic E-state index is 12.9. The molecule has 142 valence electrons. The van der Waals surface area contributed by atoms with Gasteiger partial charge in [0.15, 0.2) is 0 Å². The lowest BCUT2D eigenvalue weighted by Gasteiger charge is -2.22. The Morgan fingerprint density at radius 3 is 2.33 bits per heavy atom. The van der Waals surface area contributed by atoms with Crippen LogP contribution in [0.2, 0.25) is 5.02 Å². The van der Waals surface area contributed by atoms with Crippen molar-refractivity contribution in [1.82, 2.24) is 10.2 Å². The average Bonchev–Trinajstić information content (AvgIpc) is 2.80. The van der Waals surface area contributed by atoms with Crippen molar-refractivity contribution in [1.29, 1.82) is 0 Å². The SMILES string of the molecule is CC1(c2ccc(OC(F)(F)F)cc2)NC(=O)N(Cc2ccccc2Cl)C1=O. The van der Waals surface area contributed by atoms with Crippen LogP contribution in [0.1, 0.15) is 18.1 Å². The number of alkyl halides is 3. The predicted molar refractivity (Wildman–Crippen MR) is 91.0 cm³/mol. The van der Waals surface area contributed by atoms with Crippen LogP contribution in [-0.2, 0) is 16.9 Å². The highest BCUT2D eigenvalue weighted by atomic mass is 35.5. The lowest BCUT2D eigenvalue weighted by Crippen LogP contribution is -2.40. The van der Waals surface area contributed by atoms with Gasteiger partial charge in [-0.1, -0.05) is 41.9 Å². The first-order valence-corrected chi connectivity index (χ1v) is 8.22. The van der Waals surface area contributed by atoms with Crippen LogP contribution in [0.4, 0.5) is 18.0 Å². The molecule has 0 saturated carbocycles. The molecule has 2 aromatic carbocycles. The molecule has 0 spiro atoms. The number of halogens is 4. The molecule has 0 aliphatic carbocycles. The lowest BCUT2D eigenvalue weighted by molar-refractivity contribution is -0.274. The molecule has 9 heteroatoms. The molecule has 1 aliphatic heterocycles. The van der Waals surface area contributed by atoms with Gasteiger partial charge in [-0.25, -0.2) is 4.79 Å². The summed E-state index contributed by atoms with van der Waals surface area (Å²) in [7, 11) is 0. The zero-order valence-corrected chi connectivity index (χ0v) is 14.8. The van der Waals surface area contributed by atoms with E-state index in [1.807, 2.05) is 0 Å². The molecule has 1 atom stereocenters. The van der Waals surface area contributed by atoms with E-state index in [1.165, 1.54) is 19.1 Å². The van der Waals surface area contributed by atoms with Crippen molar-refractivity contribution in [2.45, 2.75) is 25.4 Å². The third kappa shape index (κ3) is 3.85. The normalized spacial score (nSPS) is 20.0. The first kappa shape index (κ1) is 19.0. The van der Waals surface area contributed by atoms with Gasteiger partial charge in [0.25, 0.3) is 5.91 Å². The Labute approximate surface area is 157 Å². The summed E-state index contributed by atoms with van der Waals surface area (Å²) in [4.78, 5) is 26.2. The van der Waals surface area contributed by atoms with Crippen LogP contribution in [0.3, 0.4) is 0 Å². The zero-order chi connectivity index (χ0) is 19.8. The van der Waals surface area contributed by atoms with Gasteiger partial charge < -0.3 is 10.1 Å². The maximum Gasteiger partial charge on any atom is 0.573 e. The fourth-order valence-corrected chi connectivity index (χ4v) is 3.02. The minimum absolute atomic E-state index is 0.0187.